The van der Waals surface area contributed by atoms with Gasteiger partial charge in [-0.3, -0.25) is 9.59 Å². The normalized spacial score (nSPS) is 24.6. The number of nitrogens with zero attached hydrogens (tertiary/aromatic N) is 1. The second-order valence-electron chi connectivity index (χ2n) is 8.59. The lowest BCUT2D eigenvalue weighted by atomic mass is 9.90. The molecule has 5 nitrogen and oxygen atoms in total. The Balaban J connectivity index is 1.27. The summed E-state index contributed by atoms with van der Waals surface area (Å²) in [6, 6.07) is 7.48. The molecule has 0 radical (unpaired) electrons. The molecule has 1 atom stereocenters. The first-order valence-corrected chi connectivity index (χ1v) is 10.3. The lowest BCUT2D eigenvalue weighted by molar-refractivity contribution is -0.139. The average molecular weight is 371 g/mol. The highest BCUT2D eigenvalue weighted by molar-refractivity contribution is 5.94. The van der Waals surface area contributed by atoms with E-state index in [1.807, 2.05) is 29.2 Å². The number of piperidine rings is 1. The SMILES string of the molecule is O=C(O)C1CC12CCN(C(=O)c1ccc(OCC3CCCCC3)cc1)CC2. The van der Waals surface area contributed by atoms with Crippen LogP contribution in [-0.2, 0) is 4.79 Å². The van der Waals surface area contributed by atoms with Gasteiger partial charge in [0.2, 0.25) is 0 Å². The van der Waals surface area contributed by atoms with Crippen molar-refractivity contribution in [3.8, 4) is 5.75 Å². The summed E-state index contributed by atoms with van der Waals surface area (Å²) >= 11 is 0. The first-order chi connectivity index (χ1) is 13.1. The van der Waals surface area contributed by atoms with Crippen LogP contribution in [0.25, 0.3) is 0 Å². The number of carbonyl (C=O) groups is 2. The third-order valence-electron chi connectivity index (χ3n) is 6.85. The smallest absolute Gasteiger partial charge is 0.307 e. The highest BCUT2D eigenvalue weighted by Gasteiger charge is 2.59. The maximum absolute atomic E-state index is 12.7. The Hall–Kier alpha value is -2.04. The van der Waals surface area contributed by atoms with Crippen molar-refractivity contribution in [1.29, 1.82) is 0 Å². The Morgan fingerprint density at radius 2 is 1.74 bits per heavy atom. The Morgan fingerprint density at radius 3 is 2.33 bits per heavy atom. The van der Waals surface area contributed by atoms with Crippen molar-refractivity contribution in [2.45, 2.75) is 51.4 Å². The van der Waals surface area contributed by atoms with Crippen LogP contribution in [0.1, 0.15) is 61.7 Å². The van der Waals surface area contributed by atoms with Gasteiger partial charge in [-0.25, -0.2) is 0 Å². The first kappa shape index (κ1) is 18.3. The molecule has 4 rings (SSSR count). The molecule has 1 unspecified atom stereocenters. The van der Waals surface area contributed by atoms with Crippen LogP contribution in [0.3, 0.4) is 0 Å². The van der Waals surface area contributed by atoms with Crippen LogP contribution in [0.2, 0.25) is 0 Å². The van der Waals surface area contributed by atoms with E-state index >= 15 is 0 Å². The summed E-state index contributed by atoms with van der Waals surface area (Å²) < 4.78 is 5.91. The van der Waals surface area contributed by atoms with Gasteiger partial charge in [-0.1, -0.05) is 19.3 Å². The van der Waals surface area contributed by atoms with Gasteiger partial charge in [0.15, 0.2) is 0 Å². The molecule has 1 spiro atoms. The summed E-state index contributed by atoms with van der Waals surface area (Å²) in [5.41, 5.74) is 0.640. The van der Waals surface area contributed by atoms with Crippen molar-refractivity contribution in [2.75, 3.05) is 19.7 Å². The molecule has 146 valence electrons. The van der Waals surface area contributed by atoms with E-state index in [2.05, 4.69) is 0 Å². The minimum Gasteiger partial charge on any atom is -0.493 e. The molecule has 27 heavy (non-hydrogen) atoms. The zero-order chi connectivity index (χ0) is 18.9. The molecule has 5 heteroatoms. The van der Waals surface area contributed by atoms with Crippen molar-refractivity contribution in [3.05, 3.63) is 29.8 Å². The molecule has 1 saturated heterocycles. The Kier molecular flexibility index (Phi) is 5.11. The van der Waals surface area contributed by atoms with Crippen LogP contribution >= 0.6 is 0 Å². The number of carboxylic acids is 1. The van der Waals surface area contributed by atoms with E-state index in [1.54, 1.807) is 0 Å². The topological polar surface area (TPSA) is 66.8 Å². The first-order valence-electron chi connectivity index (χ1n) is 10.3. The van der Waals surface area contributed by atoms with Gasteiger partial charge in [-0.05, 0) is 67.7 Å². The molecular formula is C22H29NO4. The van der Waals surface area contributed by atoms with Crippen molar-refractivity contribution < 1.29 is 19.4 Å². The zero-order valence-corrected chi connectivity index (χ0v) is 15.9. The molecule has 3 fully saturated rings. The Bertz CT molecular complexity index is 685. The van der Waals surface area contributed by atoms with Crippen LogP contribution in [0.4, 0.5) is 0 Å². The fourth-order valence-corrected chi connectivity index (χ4v) is 4.85. The van der Waals surface area contributed by atoms with Crippen molar-refractivity contribution >= 4 is 11.9 Å². The van der Waals surface area contributed by atoms with Gasteiger partial charge >= 0.3 is 5.97 Å². The van der Waals surface area contributed by atoms with E-state index in [4.69, 9.17) is 4.74 Å². The summed E-state index contributed by atoms with van der Waals surface area (Å²) in [5.74, 6) is 0.653. The number of carbonyl (C=O) groups excluding carboxylic acids is 1. The second-order valence-corrected chi connectivity index (χ2v) is 8.59. The fraction of sp³-hybridized carbons (Fsp3) is 0.636. The highest BCUT2D eigenvalue weighted by atomic mass is 16.5. The van der Waals surface area contributed by atoms with Crippen LogP contribution in [-0.4, -0.2) is 41.6 Å². The molecule has 2 aliphatic carbocycles. The van der Waals surface area contributed by atoms with E-state index in [9.17, 15) is 14.7 Å². The number of ether oxygens (including phenoxy) is 1. The minimum absolute atomic E-state index is 0.0382. The van der Waals surface area contributed by atoms with E-state index < -0.39 is 5.97 Å². The highest BCUT2D eigenvalue weighted by Crippen LogP contribution is 2.59. The van der Waals surface area contributed by atoms with Crippen LogP contribution in [0, 0.1) is 17.3 Å². The van der Waals surface area contributed by atoms with Gasteiger partial charge in [0.25, 0.3) is 5.91 Å². The summed E-state index contributed by atoms with van der Waals surface area (Å²) in [7, 11) is 0. The van der Waals surface area contributed by atoms with Gasteiger partial charge < -0.3 is 14.7 Å². The van der Waals surface area contributed by atoms with E-state index in [0.29, 0.717) is 24.6 Å². The summed E-state index contributed by atoms with van der Waals surface area (Å²) in [6.45, 7) is 2.08. The number of rotatable bonds is 5. The fourth-order valence-electron chi connectivity index (χ4n) is 4.85. The number of aliphatic carboxylic acids is 1. The molecule has 1 aromatic rings. The number of hydrogen-bond acceptors (Lipinski definition) is 3. The second kappa shape index (κ2) is 7.53. The zero-order valence-electron chi connectivity index (χ0n) is 15.9. The molecule has 2 saturated carbocycles. The monoisotopic (exact) mass is 371 g/mol. The standard InChI is InChI=1S/C22H29NO4/c24-20(23-12-10-22(11-13-23)14-19(22)21(25)26)17-6-8-18(9-7-17)27-15-16-4-2-1-3-5-16/h6-9,16,19H,1-5,10-15H2,(H,25,26). The number of amides is 1. The Labute approximate surface area is 160 Å². The predicted molar refractivity (Wildman–Crippen MR) is 102 cm³/mol. The molecule has 1 N–H and O–H groups in total. The van der Waals surface area contributed by atoms with Crippen LogP contribution in [0.5, 0.6) is 5.75 Å². The predicted octanol–water partition coefficient (Wildman–Crippen LogP) is 3.97. The third kappa shape index (κ3) is 3.97. The number of carboxylic acid groups (broad SMARTS) is 1. The van der Waals surface area contributed by atoms with Crippen molar-refractivity contribution in [1.82, 2.24) is 4.90 Å². The maximum atomic E-state index is 12.7. The van der Waals surface area contributed by atoms with Gasteiger partial charge in [0.05, 0.1) is 12.5 Å². The third-order valence-corrected chi connectivity index (χ3v) is 6.85. The molecule has 3 aliphatic rings. The summed E-state index contributed by atoms with van der Waals surface area (Å²) in [6.07, 6.45) is 8.87. The largest absolute Gasteiger partial charge is 0.493 e. The van der Waals surface area contributed by atoms with Gasteiger partial charge in [-0.2, -0.15) is 0 Å². The molecular weight excluding hydrogens is 342 g/mol. The maximum Gasteiger partial charge on any atom is 0.307 e. The van der Waals surface area contributed by atoms with Gasteiger partial charge in [0, 0.05) is 18.7 Å². The lowest BCUT2D eigenvalue weighted by Crippen LogP contribution is -2.40. The molecule has 1 heterocycles. The molecule has 1 aliphatic heterocycles. The number of benzene rings is 1. The quantitative estimate of drug-likeness (QED) is 0.850. The van der Waals surface area contributed by atoms with Crippen LogP contribution < -0.4 is 4.74 Å². The summed E-state index contributed by atoms with van der Waals surface area (Å²) in [4.78, 5) is 25.8. The lowest BCUT2D eigenvalue weighted by Gasteiger charge is -2.32. The van der Waals surface area contributed by atoms with Crippen molar-refractivity contribution in [3.63, 3.8) is 0 Å². The number of likely N-dealkylation sites (tertiary alicyclic amines) is 1. The molecule has 0 bridgehead atoms. The van der Waals surface area contributed by atoms with Crippen LogP contribution in [0.15, 0.2) is 24.3 Å². The van der Waals surface area contributed by atoms with E-state index in [-0.39, 0.29) is 17.2 Å². The van der Waals surface area contributed by atoms with E-state index in [1.165, 1.54) is 32.1 Å². The van der Waals surface area contributed by atoms with E-state index in [0.717, 1.165) is 31.6 Å². The number of hydrogen-bond donors (Lipinski definition) is 1. The molecule has 1 aromatic carbocycles. The molecule has 0 aromatic heterocycles. The van der Waals surface area contributed by atoms with Crippen molar-refractivity contribution in [2.24, 2.45) is 17.3 Å². The average Bonchev–Trinajstić information content (AvgIpc) is 3.41. The van der Waals surface area contributed by atoms with Gasteiger partial charge in [-0.15, -0.1) is 0 Å². The molecule has 1 amide bonds. The van der Waals surface area contributed by atoms with Gasteiger partial charge in [0.1, 0.15) is 5.75 Å². The Morgan fingerprint density at radius 1 is 1.07 bits per heavy atom. The minimum atomic E-state index is -0.682. The summed E-state index contributed by atoms with van der Waals surface area (Å²) in [5, 5.41) is 9.18.